The highest BCUT2D eigenvalue weighted by molar-refractivity contribution is 5.98. The highest BCUT2D eigenvalue weighted by Gasteiger charge is 2.21. The average molecular weight is 398 g/mol. The molecule has 1 heterocycles. The minimum absolute atomic E-state index is 0.0249. The zero-order valence-corrected chi connectivity index (χ0v) is 16.1. The van der Waals surface area contributed by atoms with Gasteiger partial charge in [-0.1, -0.05) is 6.07 Å². The van der Waals surface area contributed by atoms with Gasteiger partial charge in [-0.05, 0) is 50.2 Å². The van der Waals surface area contributed by atoms with Crippen LogP contribution < -0.4 is 9.47 Å². The molecular weight excluding hydrogens is 379 g/mol. The van der Waals surface area contributed by atoms with Gasteiger partial charge in [-0.15, -0.1) is 0 Å². The SMILES string of the molecule is COc1ccc(OCC(=O)c2cc(C)n(-c3cccc(F)c3)c2C)c([N+](=O)[O-])c1. The van der Waals surface area contributed by atoms with E-state index in [-0.39, 0.29) is 29.6 Å². The first kappa shape index (κ1) is 20.1. The van der Waals surface area contributed by atoms with Gasteiger partial charge in [0.25, 0.3) is 0 Å². The van der Waals surface area contributed by atoms with Crippen LogP contribution in [0.5, 0.6) is 11.5 Å². The Balaban J connectivity index is 1.84. The van der Waals surface area contributed by atoms with Crippen LogP contribution in [0.1, 0.15) is 21.7 Å². The van der Waals surface area contributed by atoms with E-state index in [0.29, 0.717) is 22.7 Å². The molecule has 0 saturated heterocycles. The molecule has 2 aromatic carbocycles. The number of ketones is 1. The van der Waals surface area contributed by atoms with Gasteiger partial charge in [0.2, 0.25) is 5.78 Å². The third-order valence-corrected chi connectivity index (χ3v) is 4.52. The standard InChI is InChI=1S/C21H19FN2O5/c1-13-9-18(14(2)23(13)16-6-4-5-15(22)10-16)20(25)12-29-21-8-7-17(28-3)11-19(21)24(26)27/h4-11H,12H2,1-3H3. The Morgan fingerprint density at radius 1 is 1.17 bits per heavy atom. The molecule has 1 aromatic heterocycles. The van der Waals surface area contributed by atoms with Gasteiger partial charge >= 0.3 is 5.69 Å². The average Bonchev–Trinajstić information content (AvgIpc) is 3.00. The molecular formula is C21H19FN2O5. The van der Waals surface area contributed by atoms with Crippen LogP contribution in [0.25, 0.3) is 5.69 Å². The monoisotopic (exact) mass is 398 g/mol. The van der Waals surface area contributed by atoms with E-state index in [9.17, 15) is 19.3 Å². The Morgan fingerprint density at radius 2 is 1.93 bits per heavy atom. The van der Waals surface area contributed by atoms with E-state index in [1.807, 2.05) is 6.92 Å². The predicted molar refractivity (Wildman–Crippen MR) is 105 cm³/mol. The van der Waals surface area contributed by atoms with Crippen molar-refractivity contribution < 1.29 is 23.6 Å². The second-order valence-electron chi connectivity index (χ2n) is 6.40. The fraction of sp³-hybridized carbons (Fsp3) is 0.190. The number of methoxy groups -OCH3 is 1. The summed E-state index contributed by atoms with van der Waals surface area (Å²) >= 11 is 0. The van der Waals surface area contributed by atoms with Crippen molar-refractivity contribution in [3.8, 4) is 17.2 Å². The van der Waals surface area contributed by atoms with E-state index >= 15 is 0 Å². The molecule has 0 saturated carbocycles. The van der Waals surface area contributed by atoms with Crippen LogP contribution in [-0.4, -0.2) is 29.0 Å². The Kier molecular flexibility index (Phi) is 5.63. The van der Waals surface area contributed by atoms with Crippen LogP contribution in [0.15, 0.2) is 48.5 Å². The van der Waals surface area contributed by atoms with E-state index in [2.05, 4.69) is 0 Å². The maximum Gasteiger partial charge on any atom is 0.314 e. The van der Waals surface area contributed by atoms with Crippen molar-refractivity contribution in [3.63, 3.8) is 0 Å². The van der Waals surface area contributed by atoms with Crippen molar-refractivity contribution in [2.24, 2.45) is 0 Å². The minimum Gasteiger partial charge on any atom is -0.496 e. The fourth-order valence-electron chi connectivity index (χ4n) is 3.17. The summed E-state index contributed by atoms with van der Waals surface area (Å²) in [5, 5.41) is 11.2. The second kappa shape index (κ2) is 8.14. The molecule has 0 amide bonds. The Bertz CT molecular complexity index is 1090. The summed E-state index contributed by atoms with van der Waals surface area (Å²) in [6.45, 7) is 3.19. The van der Waals surface area contributed by atoms with Gasteiger partial charge in [-0.3, -0.25) is 14.9 Å². The number of benzene rings is 2. The Labute approximate surface area is 166 Å². The number of aromatic nitrogens is 1. The zero-order valence-electron chi connectivity index (χ0n) is 16.1. The summed E-state index contributed by atoms with van der Waals surface area (Å²) in [6, 6.07) is 11.9. The Hall–Kier alpha value is -3.68. The maximum absolute atomic E-state index is 13.6. The van der Waals surface area contributed by atoms with Crippen LogP contribution in [0.3, 0.4) is 0 Å². The first-order valence-electron chi connectivity index (χ1n) is 8.75. The number of halogens is 1. The molecule has 8 heteroatoms. The smallest absolute Gasteiger partial charge is 0.314 e. The first-order valence-corrected chi connectivity index (χ1v) is 8.75. The van der Waals surface area contributed by atoms with Gasteiger partial charge in [-0.25, -0.2) is 4.39 Å². The van der Waals surface area contributed by atoms with Crippen LogP contribution in [-0.2, 0) is 0 Å². The van der Waals surface area contributed by atoms with Crippen LogP contribution in [0.4, 0.5) is 10.1 Å². The predicted octanol–water partition coefficient (Wildman–Crippen LogP) is 4.41. The summed E-state index contributed by atoms with van der Waals surface area (Å²) in [4.78, 5) is 23.3. The lowest BCUT2D eigenvalue weighted by Gasteiger charge is -2.10. The highest BCUT2D eigenvalue weighted by Crippen LogP contribution is 2.31. The van der Waals surface area contributed by atoms with Gasteiger partial charge in [0.15, 0.2) is 12.4 Å². The lowest BCUT2D eigenvalue weighted by molar-refractivity contribution is -0.385. The molecule has 0 aliphatic rings. The molecule has 0 bridgehead atoms. The molecule has 0 radical (unpaired) electrons. The van der Waals surface area contributed by atoms with E-state index in [4.69, 9.17) is 9.47 Å². The number of Topliss-reactive ketones (excluding diaryl/α,β-unsaturated/α-hetero) is 1. The summed E-state index contributed by atoms with van der Waals surface area (Å²) in [5.41, 5.74) is 2.11. The number of carbonyl (C=O) groups excluding carboxylic acids is 1. The number of nitrogens with zero attached hydrogens (tertiary/aromatic N) is 2. The van der Waals surface area contributed by atoms with Crippen LogP contribution in [0, 0.1) is 29.8 Å². The molecule has 0 atom stereocenters. The van der Waals surface area contributed by atoms with Crippen molar-refractivity contribution in [1.82, 2.24) is 4.57 Å². The number of aryl methyl sites for hydroxylation is 1. The molecule has 0 aliphatic carbocycles. The molecule has 0 unspecified atom stereocenters. The number of hydrogen-bond acceptors (Lipinski definition) is 5. The van der Waals surface area contributed by atoms with Crippen LogP contribution in [0.2, 0.25) is 0 Å². The number of ether oxygens (including phenoxy) is 2. The number of rotatable bonds is 7. The van der Waals surface area contributed by atoms with E-state index in [0.717, 1.165) is 5.69 Å². The molecule has 0 spiro atoms. The summed E-state index contributed by atoms with van der Waals surface area (Å²) in [7, 11) is 1.40. The summed E-state index contributed by atoms with van der Waals surface area (Å²) < 4.78 is 25.8. The molecule has 150 valence electrons. The molecule has 0 N–H and O–H groups in total. The third-order valence-electron chi connectivity index (χ3n) is 4.52. The molecule has 7 nitrogen and oxygen atoms in total. The molecule has 0 aliphatic heterocycles. The highest BCUT2D eigenvalue weighted by atomic mass is 19.1. The summed E-state index contributed by atoms with van der Waals surface area (Å²) in [6.07, 6.45) is 0. The number of nitro groups is 1. The number of nitro benzene ring substituents is 1. The molecule has 3 aromatic rings. The van der Waals surface area contributed by atoms with Crippen LogP contribution >= 0.6 is 0 Å². The quantitative estimate of drug-likeness (QED) is 0.334. The molecule has 0 fully saturated rings. The van der Waals surface area contributed by atoms with Crippen molar-refractivity contribution >= 4 is 11.5 Å². The van der Waals surface area contributed by atoms with Crippen molar-refractivity contribution in [2.75, 3.05) is 13.7 Å². The van der Waals surface area contributed by atoms with Crippen molar-refractivity contribution in [1.29, 1.82) is 0 Å². The lowest BCUT2D eigenvalue weighted by atomic mass is 10.1. The molecule has 3 rings (SSSR count). The third kappa shape index (κ3) is 4.11. The van der Waals surface area contributed by atoms with Gasteiger partial charge in [-0.2, -0.15) is 0 Å². The normalized spacial score (nSPS) is 10.6. The maximum atomic E-state index is 13.6. The largest absolute Gasteiger partial charge is 0.496 e. The number of hydrogen-bond donors (Lipinski definition) is 0. The van der Waals surface area contributed by atoms with Crippen molar-refractivity contribution in [2.45, 2.75) is 13.8 Å². The molecule has 29 heavy (non-hydrogen) atoms. The van der Waals surface area contributed by atoms with Gasteiger partial charge < -0.3 is 14.0 Å². The first-order chi connectivity index (χ1) is 13.8. The fourth-order valence-corrected chi connectivity index (χ4v) is 3.17. The summed E-state index contributed by atoms with van der Waals surface area (Å²) in [5.74, 6) is -0.430. The lowest BCUT2D eigenvalue weighted by Crippen LogP contribution is -2.13. The zero-order chi connectivity index (χ0) is 21.1. The van der Waals surface area contributed by atoms with E-state index in [1.165, 1.54) is 37.4 Å². The van der Waals surface area contributed by atoms with Gasteiger partial charge in [0.05, 0.1) is 18.1 Å². The topological polar surface area (TPSA) is 83.6 Å². The second-order valence-corrected chi connectivity index (χ2v) is 6.40. The van der Waals surface area contributed by atoms with Gasteiger partial charge in [0, 0.05) is 22.6 Å². The van der Waals surface area contributed by atoms with E-state index < -0.39 is 4.92 Å². The minimum atomic E-state index is -0.599. The van der Waals surface area contributed by atoms with Crippen molar-refractivity contribution in [3.05, 3.63) is 81.4 Å². The van der Waals surface area contributed by atoms with Gasteiger partial charge in [0.1, 0.15) is 11.6 Å². The Morgan fingerprint density at radius 3 is 2.59 bits per heavy atom. The number of carbonyl (C=O) groups is 1. The van der Waals surface area contributed by atoms with E-state index in [1.54, 1.807) is 29.7 Å².